The Hall–Kier alpha value is -3.29. The molecule has 0 aliphatic carbocycles. The van der Waals surface area contributed by atoms with Crippen LogP contribution in [-0.4, -0.2) is 30.8 Å². The number of nitro benzene ring substituents is 1. The van der Waals surface area contributed by atoms with E-state index >= 15 is 0 Å². The molecule has 0 fully saturated rings. The van der Waals surface area contributed by atoms with E-state index in [1.165, 1.54) is 12.1 Å². The van der Waals surface area contributed by atoms with Gasteiger partial charge < -0.3 is 19.5 Å². The van der Waals surface area contributed by atoms with Gasteiger partial charge in [-0.15, -0.1) is 0 Å². The minimum atomic E-state index is -0.622. The van der Waals surface area contributed by atoms with Crippen molar-refractivity contribution >= 4 is 11.6 Å². The van der Waals surface area contributed by atoms with Crippen LogP contribution in [0.15, 0.2) is 30.3 Å². The van der Waals surface area contributed by atoms with E-state index in [1.54, 1.807) is 0 Å². The molecular weight excluding hydrogens is 340 g/mol. The van der Waals surface area contributed by atoms with Gasteiger partial charge in [-0.05, 0) is 25.5 Å². The molecule has 0 saturated heterocycles. The van der Waals surface area contributed by atoms with E-state index in [4.69, 9.17) is 14.2 Å². The van der Waals surface area contributed by atoms with Crippen molar-refractivity contribution in [2.24, 2.45) is 0 Å². The first kappa shape index (κ1) is 17.5. The summed E-state index contributed by atoms with van der Waals surface area (Å²) in [6.45, 7) is 4.36. The van der Waals surface area contributed by atoms with Crippen LogP contribution in [0.2, 0.25) is 0 Å². The van der Waals surface area contributed by atoms with Gasteiger partial charge in [0.05, 0.1) is 17.5 Å². The van der Waals surface area contributed by atoms with Gasteiger partial charge in [0.15, 0.2) is 11.5 Å². The maximum Gasteiger partial charge on any atom is 0.286 e. The maximum atomic E-state index is 12.3. The van der Waals surface area contributed by atoms with Crippen LogP contribution in [0.1, 0.15) is 21.5 Å². The lowest BCUT2D eigenvalue weighted by Gasteiger charge is -2.11. The van der Waals surface area contributed by atoms with E-state index in [0.29, 0.717) is 5.75 Å². The van der Waals surface area contributed by atoms with Gasteiger partial charge in [0.25, 0.3) is 11.6 Å². The Balaban J connectivity index is 1.62. The molecule has 0 bridgehead atoms. The van der Waals surface area contributed by atoms with E-state index in [-0.39, 0.29) is 36.9 Å². The molecule has 1 heterocycles. The van der Waals surface area contributed by atoms with E-state index in [9.17, 15) is 14.9 Å². The lowest BCUT2D eigenvalue weighted by molar-refractivity contribution is -0.385. The minimum absolute atomic E-state index is 0.0265. The Morgan fingerprint density at radius 1 is 1.23 bits per heavy atom. The number of fused-ring (bicyclic) bond motifs is 1. The van der Waals surface area contributed by atoms with Gasteiger partial charge in [-0.25, -0.2) is 0 Å². The van der Waals surface area contributed by atoms with Crippen LogP contribution in [0.3, 0.4) is 0 Å². The maximum absolute atomic E-state index is 12.3. The molecule has 136 valence electrons. The normalized spacial score (nSPS) is 11.9. The zero-order valence-corrected chi connectivity index (χ0v) is 14.4. The highest BCUT2D eigenvalue weighted by Crippen LogP contribution is 2.37. The van der Waals surface area contributed by atoms with Crippen molar-refractivity contribution in [3.8, 4) is 17.2 Å². The fourth-order valence-corrected chi connectivity index (χ4v) is 2.65. The molecule has 3 rings (SSSR count). The summed E-state index contributed by atoms with van der Waals surface area (Å²) >= 11 is 0. The molecule has 0 unspecified atom stereocenters. The Bertz CT molecular complexity index is 865. The first-order valence-corrected chi connectivity index (χ1v) is 8.02. The molecule has 2 aromatic rings. The molecular formula is C18H18N2O6. The van der Waals surface area contributed by atoms with E-state index in [0.717, 1.165) is 16.9 Å². The fourth-order valence-electron chi connectivity index (χ4n) is 2.65. The molecule has 2 aromatic carbocycles. The third kappa shape index (κ3) is 3.69. The summed E-state index contributed by atoms with van der Waals surface area (Å²) in [5.41, 5.74) is 1.73. The Morgan fingerprint density at radius 2 is 1.96 bits per heavy atom. The number of ether oxygens (including phenoxy) is 3. The van der Waals surface area contributed by atoms with Crippen LogP contribution in [-0.2, 0) is 0 Å². The largest absolute Gasteiger partial charge is 0.491 e. The summed E-state index contributed by atoms with van der Waals surface area (Å²) in [6.07, 6.45) is 0. The standard InChI is InChI=1S/C18H18N2O6/c1-11-3-4-15(12(2)7-11)24-6-5-19-18(21)13-8-16-17(26-10-25-16)9-14(13)20(22)23/h3-4,7-9H,5-6,10H2,1-2H3,(H,19,21). The summed E-state index contributed by atoms with van der Waals surface area (Å²) in [5, 5.41) is 13.8. The van der Waals surface area contributed by atoms with Crippen molar-refractivity contribution in [2.45, 2.75) is 13.8 Å². The number of amides is 1. The number of carbonyl (C=O) groups is 1. The first-order valence-electron chi connectivity index (χ1n) is 8.02. The summed E-state index contributed by atoms with van der Waals surface area (Å²) in [4.78, 5) is 22.9. The van der Waals surface area contributed by atoms with Gasteiger partial charge in [0, 0.05) is 6.07 Å². The second-order valence-electron chi connectivity index (χ2n) is 5.85. The summed E-state index contributed by atoms with van der Waals surface area (Å²) < 4.78 is 15.9. The highest BCUT2D eigenvalue weighted by atomic mass is 16.7. The van der Waals surface area contributed by atoms with Crippen LogP contribution in [0, 0.1) is 24.0 Å². The zero-order chi connectivity index (χ0) is 18.7. The summed E-state index contributed by atoms with van der Waals surface area (Å²) in [5.74, 6) is 0.733. The molecule has 0 radical (unpaired) electrons. The number of nitro groups is 1. The molecule has 8 heteroatoms. The van der Waals surface area contributed by atoms with Gasteiger partial charge in [0.1, 0.15) is 17.9 Å². The zero-order valence-electron chi connectivity index (χ0n) is 14.4. The van der Waals surface area contributed by atoms with E-state index < -0.39 is 10.8 Å². The Labute approximate surface area is 149 Å². The summed E-state index contributed by atoms with van der Waals surface area (Å²) in [7, 11) is 0. The average Bonchev–Trinajstić information content (AvgIpc) is 3.06. The molecule has 1 aliphatic rings. The van der Waals surface area contributed by atoms with Crippen LogP contribution in [0.4, 0.5) is 5.69 Å². The van der Waals surface area contributed by atoms with Gasteiger partial charge in [-0.1, -0.05) is 17.7 Å². The number of carbonyl (C=O) groups excluding carboxylic acids is 1. The van der Waals surface area contributed by atoms with Crippen LogP contribution in [0.25, 0.3) is 0 Å². The van der Waals surface area contributed by atoms with Crippen molar-refractivity contribution in [1.29, 1.82) is 0 Å². The number of benzene rings is 2. The molecule has 8 nitrogen and oxygen atoms in total. The third-order valence-electron chi connectivity index (χ3n) is 3.91. The van der Waals surface area contributed by atoms with Crippen molar-refractivity contribution in [3.63, 3.8) is 0 Å². The van der Waals surface area contributed by atoms with Crippen LogP contribution < -0.4 is 19.5 Å². The fraction of sp³-hybridized carbons (Fsp3) is 0.278. The number of aryl methyl sites for hydroxylation is 2. The molecule has 0 spiro atoms. The predicted octanol–water partition coefficient (Wildman–Crippen LogP) is 2.75. The number of nitrogens with zero attached hydrogens (tertiary/aromatic N) is 1. The number of rotatable bonds is 6. The smallest absolute Gasteiger partial charge is 0.286 e. The Kier molecular flexibility index (Phi) is 4.92. The SMILES string of the molecule is Cc1ccc(OCCNC(=O)c2cc3c(cc2[N+](=O)[O-])OCO3)c(C)c1. The molecule has 1 N–H and O–H groups in total. The second kappa shape index (κ2) is 7.30. The monoisotopic (exact) mass is 358 g/mol. The minimum Gasteiger partial charge on any atom is -0.491 e. The highest BCUT2D eigenvalue weighted by molar-refractivity contribution is 5.99. The lowest BCUT2D eigenvalue weighted by atomic mass is 10.1. The quantitative estimate of drug-likeness (QED) is 0.484. The number of hydrogen-bond acceptors (Lipinski definition) is 6. The van der Waals surface area contributed by atoms with Gasteiger partial charge in [-0.2, -0.15) is 0 Å². The van der Waals surface area contributed by atoms with E-state index in [1.807, 2.05) is 32.0 Å². The van der Waals surface area contributed by atoms with Crippen molar-refractivity contribution in [3.05, 3.63) is 57.1 Å². The predicted molar refractivity (Wildman–Crippen MR) is 93.0 cm³/mol. The molecule has 0 saturated carbocycles. The Morgan fingerprint density at radius 3 is 2.65 bits per heavy atom. The average molecular weight is 358 g/mol. The number of hydrogen-bond donors (Lipinski definition) is 1. The molecule has 26 heavy (non-hydrogen) atoms. The molecule has 1 amide bonds. The van der Waals surface area contributed by atoms with Crippen molar-refractivity contribution < 1.29 is 23.9 Å². The van der Waals surface area contributed by atoms with Gasteiger partial charge >= 0.3 is 0 Å². The van der Waals surface area contributed by atoms with Crippen LogP contribution in [0.5, 0.6) is 17.2 Å². The molecule has 0 atom stereocenters. The van der Waals surface area contributed by atoms with Gasteiger partial charge in [-0.3, -0.25) is 14.9 Å². The topological polar surface area (TPSA) is 99.9 Å². The second-order valence-corrected chi connectivity index (χ2v) is 5.85. The van der Waals surface area contributed by atoms with Crippen molar-refractivity contribution in [2.75, 3.05) is 19.9 Å². The van der Waals surface area contributed by atoms with Gasteiger partial charge in [0.2, 0.25) is 6.79 Å². The highest BCUT2D eigenvalue weighted by Gasteiger charge is 2.27. The third-order valence-corrected chi connectivity index (χ3v) is 3.91. The number of nitrogens with one attached hydrogen (secondary N) is 1. The van der Waals surface area contributed by atoms with Crippen LogP contribution >= 0.6 is 0 Å². The lowest BCUT2D eigenvalue weighted by Crippen LogP contribution is -2.28. The summed E-state index contributed by atoms with van der Waals surface area (Å²) in [6, 6.07) is 8.33. The first-order chi connectivity index (χ1) is 12.5. The van der Waals surface area contributed by atoms with E-state index in [2.05, 4.69) is 5.32 Å². The molecule has 0 aromatic heterocycles. The molecule has 1 aliphatic heterocycles. The van der Waals surface area contributed by atoms with Crippen molar-refractivity contribution in [1.82, 2.24) is 5.32 Å².